The van der Waals surface area contributed by atoms with Crippen LogP contribution in [-0.2, 0) is 0 Å². The van der Waals surface area contributed by atoms with Gasteiger partial charge in [0.1, 0.15) is 0 Å². The molecule has 21 heavy (non-hydrogen) atoms. The number of urea groups is 1. The third-order valence-electron chi connectivity index (χ3n) is 4.25. The van der Waals surface area contributed by atoms with E-state index in [1.54, 1.807) is 0 Å². The molecule has 0 saturated heterocycles. The Kier molecular flexibility index (Phi) is 8.04. The number of hydrogen-bond acceptors (Lipinski definition) is 3. The molecule has 1 fully saturated rings. The Morgan fingerprint density at radius 3 is 2.38 bits per heavy atom. The molecule has 2 unspecified atom stereocenters. The van der Waals surface area contributed by atoms with Crippen LogP contribution in [0.3, 0.4) is 0 Å². The lowest BCUT2D eigenvalue weighted by atomic mass is 9.93. The lowest BCUT2D eigenvalue weighted by molar-refractivity contribution is 0.0942. The Morgan fingerprint density at radius 1 is 1.19 bits per heavy atom. The molecule has 5 nitrogen and oxygen atoms in total. The van der Waals surface area contributed by atoms with E-state index in [0.717, 1.165) is 38.6 Å². The molecule has 1 rings (SSSR count). The number of carbonyl (C=O) groups is 1. The molecule has 2 atom stereocenters. The van der Waals surface area contributed by atoms with E-state index in [-0.39, 0.29) is 18.2 Å². The standard InChI is InChI=1S/C16H33N3O2/c1-12(2)19(13(3)4)11-7-10-17-16(21)18-14-8-5-6-9-15(14)20/h12-15,20H,5-11H2,1-4H3,(H2,17,18,21). The minimum Gasteiger partial charge on any atom is -0.391 e. The van der Waals surface area contributed by atoms with Gasteiger partial charge in [-0.1, -0.05) is 12.8 Å². The van der Waals surface area contributed by atoms with Crippen LogP contribution in [-0.4, -0.2) is 53.4 Å². The van der Waals surface area contributed by atoms with Crippen molar-refractivity contribution in [3.63, 3.8) is 0 Å². The predicted octanol–water partition coefficient (Wildman–Crippen LogP) is 2.10. The molecule has 5 heteroatoms. The molecule has 0 heterocycles. The number of aliphatic hydroxyl groups excluding tert-OH is 1. The first-order valence-corrected chi connectivity index (χ1v) is 8.40. The second-order valence-corrected chi connectivity index (χ2v) is 6.64. The molecule has 0 aliphatic heterocycles. The fourth-order valence-electron chi connectivity index (χ4n) is 3.08. The van der Waals surface area contributed by atoms with Gasteiger partial charge in [-0.2, -0.15) is 0 Å². The monoisotopic (exact) mass is 299 g/mol. The van der Waals surface area contributed by atoms with E-state index in [1.807, 2.05) is 0 Å². The van der Waals surface area contributed by atoms with Crippen molar-refractivity contribution in [1.29, 1.82) is 0 Å². The molecule has 0 aromatic carbocycles. The molecular formula is C16H33N3O2. The van der Waals surface area contributed by atoms with Crippen LogP contribution in [0.25, 0.3) is 0 Å². The Morgan fingerprint density at radius 2 is 1.81 bits per heavy atom. The minimum absolute atomic E-state index is 0.0819. The average molecular weight is 299 g/mol. The maximum Gasteiger partial charge on any atom is 0.315 e. The van der Waals surface area contributed by atoms with Crippen molar-refractivity contribution in [3.05, 3.63) is 0 Å². The molecule has 0 spiro atoms. The second-order valence-electron chi connectivity index (χ2n) is 6.64. The summed E-state index contributed by atoms with van der Waals surface area (Å²) in [5, 5.41) is 15.6. The van der Waals surface area contributed by atoms with Gasteiger partial charge in [0.25, 0.3) is 0 Å². The number of rotatable bonds is 7. The largest absolute Gasteiger partial charge is 0.391 e. The van der Waals surface area contributed by atoms with Crippen LogP contribution in [0.2, 0.25) is 0 Å². The summed E-state index contributed by atoms with van der Waals surface area (Å²) in [5.41, 5.74) is 0. The maximum atomic E-state index is 11.8. The Labute approximate surface area is 129 Å². The van der Waals surface area contributed by atoms with E-state index in [4.69, 9.17) is 0 Å². The summed E-state index contributed by atoms with van der Waals surface area (Å²) in [4.78, 5) is 14.2. The molecule has 1 aliphatic carbocycles. The highest BCUT2D eigenvalue weighted by Gasteiger charge is 2.24. The molecule has 2 amide bonds. The van der Waals surface area contributed by atoms with Crippen molar-refractivity contribution >= 4 is 6.03 Å². The fraction of sp³-hybridized carbons (Fsp3) is 0.938. The van der Waals surface area contributed by atoms with E-state index >= 15 is 0 Å². The third-order valence-corrected chi connectivity index (χ3v) is 4.25. The first-order valence-electron chi connectivity index (χ1n) is 8.40. The summed E-state index contributed by atoms with van der Waals surface area (Å²) < 4.78 is 0. The van der Waals surface area contributed by atoms with Gasteiger partial charge in [0, 0.05) is 25.2 Å². The molecule has 3 N–H and O–H groups in total. The van der Waals surface area contributed by atoms with E-state index in [9.17, 15) is 9.90 Å². The van der Waals surface area contributed by atoms with Crippen LogP contribution >= 0.6 is 0 Å². The van der Waals surface area contributed by atoms with Gasteiger partial charge in [-0.15, -0.1) is 0 Å². The van der Waals surface area contributed by atoms with Crippen LogP contribution in [0.1, 0.15) is 59.8 Å². The molecule has 0 radical (unpaired) electrons. The quantitative estimate of drug-likeness (QED) is 0.631. The summed E-state index contributed by atoms with van der Waals surface area (Å²) in [5.74, 6) is 0. The molecule has 0 aromatic heterocycles. The highest BCUT2D eigenvalue weighted by atomic mass is 16.3. The van der Waals surface area contributed by atoms with Crippen molar-refractivity contribution in [2.75, 3.05) is 13.1 Å². The van der Waals surface area contributed by atoms with E-state index in [0.29, 0.717) is 18.6 Å². The summed E-state index contributed by atoms with van der Waals surface area (Å²) in [6, 6.07) is 0.815. The van der Waals surface area contributed by atoms with Gasteiger partial charge in [-0.25, -0.2) is 4.79 Å². The first-order chi connectivity index (χ1) is 9.91. The van der Waals surface area contributed by atoms with Gasteiger partial charge in [0.2, 0.25) is 0 Å². The first kappa shape index (κ1) is 18.2. The second kappa shape index (κ2) is 9.26. The zero-order chi connectivity index (χ0) is 15.8. The van der Waals surface area contributed by atoms with Crippen molar-refractivity contribution in [1.82, 2.24) is 15.5 Å². The van der Waals surface area contributed by atoms with Gasteiger partial charge in [0.15, 0.2) is 0 Å². The molecule has 0 bridgehead atoms. The lowest BCUT2D eigenvalue weighted by Gasteiger charge is -2.30. The Balaban J connectivity index is 2.18. The number of aliphatic hydroxyl groups is 1. The van der Waals surface area contributed by atoms with Gasteiger partial charge in [0.05, 0.1) is 12.1 Å². The molecule has 1 aliphatic rings. The SMILES string of the molecule is CC(C)N(CCCNC(=O)NC1CCCCC1O)C(C)C. The summed E-state index contributed by atoms with van der Waals surface area (Å²) in [7, 11) is 0. The third kappa shape index (κ3) is 6.66. The van der Waals surface area contributed by atoms with E-state index < -0.39 is 0 Å². The number of hydrogen-bond donors (Lipinski definition) is 3. The van der Waals surface area contributed by atoms with Gasteiger partial charge in [-0.05, 0) is 47.0 Å². The Hall–Kier alpha value is -0.810. The molecule has 1 saturated carbocycles. The van der Waals surface area contributed by atoms with Crippen molar-refractivity contribution in [2.45, 2.75) is 84.0 Å². The lowest BCUT2D eigenvalue weighted by Crippen LogP contribution is -2.49. The fourth-order valence-corrected chi connectivity index (χ4v) is 3.08. The van der Waals surface area contributed by atoms with E-state index in [2.05, 4.69) is 43.2 Å². The smallest absolute Gasteiger partial charge is 0.315 e. The van der Waals surface area contributed by atoms with E-state index in [1.165, 1.54) is 0 Å². The average Bonchev–Trinajstić information content (AvgIpc) is 2.40. The Bertz CT molecular complexity index is 300. The predicted molar refractivity (Wildman–Crippen MR) is 86.4 cm³/mol. The zero-order valence-electron chi connectivity index (χ0n) is 14.1. The number of carbonyl (C=O) groups excluding carboxylic acids is 1. The molecule has 0 aromatic rings. The maximum absolute atomic E-state index is 11.8. The summed E-state index contributed by atoms with van der Waals surface area (Å²) in [6.45, 7) is 10.5. The van der Waals surface area contributed by atoms with Crippen molar-refractivity contribution < 1.29 is 9.90 Å². The number of nitrogens with zero attached hydrogens (tertiary/aromatic N) is 1. The normalized spacial score (nSPS) is 22.9. The van der Waals surface area contributed by atoms with Crippen LogP contribution in [0.4, 0.5) is 4.79 Å². The van der Waals surface area contributed by atoms with Crippen LogP contribution < -0.4 is 10.6 Å². The van der Waals surface area contributed by atoms with Crippen molar-refractivity contribution in [2.24, 2.45) is 0 Å². The summed E-state index contributed by atoms with van der Waals surface area (Å²) >= 11 is 0. The molecule has 124 valence electrons. The number of nitrogens with one attached hydrogen (secondary N) is 2. The zero-order valence-corrected chi connectivity index (χ0v) is 14.1. The highest BCUT2D eigenvalue weighted by Crippen LogP contribution is 2.18. The topological polar surface area (TPSA) is 64.6 Å². The number of amides is 2. The van der Waals surface area contributed by atoms with Gasteiger partial charge >= 0.3 is 6.03 Å². The van der Waals surface area contributed by atoms with Gasteiger partial charge < -0.3 is 15.7 Å². The van der Waals surface area contributed by atoms with Crippen LogP contribution in [0.15, 0.2) is 0 Å². The van der Waals surface area contributed by atoms with Gasteiger partial charge in [-0.3, -0.25) is 4.90 Å². The highest BCUT2D eigenvalue weighted by molar-refractivity contribution is 5.74. The summed E-state index contributed by atoms with van der Waals surface area (Å²) in [6.07, 6.45) is 4.37. The minimum atomic E-state index is -0.387. The molecular weight excluding hydrogens is 266 g/mol. The van der Waals surface area contributed by atoms with Crippen molar-refractivity contribution in [3.8, 4) is 0 Å². The van der Waals surface area contributed by atoms with Crippen LogP contribution in [0.5, 0.6) is 0 Å². The van der Waals surface area contributed by atoms with Crippen LogP contribution in [0, 0.1) is 0 Å².